The molecule has 3 N–H and O–H groups in total. The molecule has 0 spiro atoms. The van der Waals surface area contributed by atoms with Gasteiger partial charge < -0.3 is 10.8 Å². The minimum atomic E-state index is -0.924. The van der Waals surface area contributed by atoms with Gasteiger partial charge in [-0.15, -0.1) is 0 Å². The summed E-state index contributed by atoms with van der Waals surface area (Å²) < 4.78 is 0. The molecule has 1 unspecified atom stereocenters. The molecule has 1 atom stereocenters. The molecular weight excluding hydrogens is 273 g/mol. The third-order valence-electron chi connectivity index (χ3n) is 3.47. The molecule has 0 aromatic heterocycles. The van der Waals surface area contributed by atoms with E-state index < -0.39 is 16.9 Å². The standard InChI is InChI=1S/C13H17Cl2NO2/c1-12(2,16)13(3,7-10(17)18)8-5-4-6-9(14)11(8)15/h4-6H,7,16H2,1-3H3,(H,17,18). The molecule has 1 aromatic rings. The van der Waals surface area contributed by atoms with Gasteiger partial charge >= 0.3 is 5.97 Å². The number of halogens is 2. The van der Waals surface area contributed by atoms with Crippen LogP contribution in [-0.2, 0) is 10.2 Å². The van der Waals surface area contributed by atoms with Gasteiger partial charge in [-0.3, -0.25) is 4.79 Å². The number of carboxylic acid groups (broad SMARTS) is 1. The summed E-state index contributed by atoms with van der Waals surface area (Å²) >= 11 is 12.2. The van der Waals surface area contributed by atoms with E-state index in [1.807, 2.05) is 0 Å². The smallest absolute Gasteiger partial charge is 0.304 e. The molecule has 0 aliphatic heterocycles. The summed E-state index contributed by atoms with van der Waals surface area (Å²) in [5.74, 6) is -0.924. The lowest BCUT2D eigenvalue weighted by molar-refractivity contribution is -0.139. The molecule has 0 radical (unpaired) electrons. The monoisotopic (exact) mass is 289 g/mol. The summed E-state index contributed by atoms with van der Waals surface area (Å²) in [6.45, 7) is 5.36. The summed E-state index contributed by atoms with van der Waals surface area (Å²) in [4.78, 5) is 11.1. The van der Waals surface area contributed by atoms with Crippen LogP contribution < -0.4 is 5.73 Å². The molecular formula is C13H17Cl2NO2. The van der Waals surface area contributed by atoms with Gasteiger partial charge in [0.1, 0.15) is 0 Å². The first kappa shape index (κ1) is 15.3. The maximum atomic E-state index is 11.1. The predicted molar refractivity (Wildman–Crippen MR) is 74.3 cm³/mol. The summed E-state index contributed by atoms with van der Waals surface area (Å²) in [6, 6.07) is 5.18. The lowest BCUT2D eigenvalue weighted by Gasteiger charge is -2.41. The normalized spacial score (nSPS) is 15.2. The number of hydrogen-bond acceptors (Lipinski definition) is 2. The number of nitrogens with two attached hydrogens (primary N) is 1. The van der Waals surface area contributed by atoms with Gasteiger partial charge in [-0.1, -0.05) is 42.3 Å². The first-order valence-corrected chi connectivity index (χ1v) is 6.30. The fourth-order valence-corrected chi connectivity index (χ4v) is 2.41. The highest BCUT2D eigenvalue weighted by Gasteiger charge is 2.43. The summed E-state index contributed by atoms with van der Waals surface area (Å²) in [7, 11) is 0. The van der Waals surface area contributed by atoms with E-state index in [1.165, 1.54) is 0 Å². The van der Waals surface area contributed by atoms with Gasteiger partial charge in [0.25, 0.3) is 0 Å². The van der Waals surface area contributed by atoms with E-state index in [0.717, 1.165) is 0 Å². The number of carbonyl (C=O) groups is 1. The first-order valence-electron chi connectivity index (χ1n) is 5.55. The van der Waals surface area contributed by atoms with Crippen LogP contribution in [0, 0.1) is 0 Å². The number of aliphatic carboxylic acids is 1. The van der Waals surface area contributed by atoms with Crippen LogP contribution in [0.2, 0.25) is 10.0 Å². The second-order valence-electron chi connectivity index (χ2n) is 5.23. The molecule has 0 amide bonds. The molecule has 100 valence electrons. The van der Waals surface area contributed by atoms with Gasteiger partial charge in [-0.05, 0) is 25.5 Å². The van der Waals surface area contributed by atoms with E-state index in [9.17, 15) is 4.79 Å². The van der Waals surface area contributed by atoms with Crippen molar-refractivity contribution in [1.29, 1.82) is 0 Å². The molecule has 0 saturated carbocycles. The van der Waals surface area contributed by atoms with Crippen molar-refractivity contribution in [2.45, 2.75) is 38.1 Å². The fraction of sp³-hybridized carbons (Fsp3) is 0.462. The van der Waals surface area contributed by atoms with Crippen LogP contribution in [0.15, 0.2) is 18.2 Å². The van der Waals surface area contributed by atoms with E-state index >= 15 is 0 Å². The van der Waals surface area contributed by atoms with Crippen molar-refractivity contribution >= 4 is 29.2 Å². The summed E-state index contributed by atoms with van der Waals surface area (Å²) in [5, 5.41) is 9.86. The molecule has 1 rings (SSSR count). The second kappa shape index (κ2) is 5.08. The van der Waals surface area contributed by atoms with E-state index in [0.29, 0.717) is 15.6 Å². The summed E-state index contributed by atoms with van der Waals surface area (Å²) in [6.07, 6.45) is -0.115. The molecule has 0 bridgehead atoms. The van der Waals surface area contributed by atoms with Crippen molar-refractivity contribution < 1.29 is 9.90 Å². The average Bonchev–Trinajstić information content (AvgIpc) is 2.19. The zero-order valence-corrected chi connectivity index (χ0v) is 12.1. The molecule has 5 heteroatoms. The minimum Gasteiger partial charge on any atom is -0.481 e. The van der Waals surface area contributed by atoms with Gasteiger partial charge in [0.2, 0.25) is 0 Å². The Morgan fingerprint density at radius 2 is 1.89 bits per heavy atom. The zero-order chi connectivity index (χ0) is 14.1. The SMILES string of the molecule is CC(C)(N)C(C)(CC(=O)O)c1cccc(Cl)c1Cl. The number of carboxylic acids is 1. The number of rotatable bonds is 4. The maximum Gasteiger partial charge on any atom is 0.304 e. The number of hydrogen-bond donors (Lipinski definition) is 2. The van der Waals surface area contributed by atoms with E-state index in [1.54, 1.807) is 39.0 Å². The quantitative estimate of drug-likeness (QED) is 0.892. The molecule has 18 heavy (non-hydrogen) atoms. The van der Waals surface area contributed by atoms with Gasteiger partial charge in [-0.25, -0.2) is 0 Å². The number of benzene rings is 1. The average molecular weight is 290 g/mol. The Labute approximate surface area is 117 Å². The van der Waals surface area contributed by atoms with Crippen molar-refractivity contribution in [2.24, 2.45) is 5.73 Å². The minimum absolute atomic E-state index is 0.115. The molecule has 3 nitrogen and oxygen atoms in total. The highest BCUT2D eigenvalue weighted by atomic mass is 35.5. The highest BCUT2D eigenvalue weighted by Crippen LogP contribution is 2.42. The summed E-state index contributed by atoms with van der Waals surface area (Å²) in [5.41, 5.74) is 5.25. The van der Waals surface area contributed by atoms with Gasteiger partial charge in [0, 0.05) is 11.0 Å². The predicted octanol–water partition coefficient (Wildman–Crippen LogP) is 3.46. The van der Waals surface area contributed by atoms with Crippen LogP contribution in [-0.4, -0.2) is 16.6 Å². The lowest BCUT2D eigenvalue weighted by atomic mass is 9.66. The van der Waals surface area contributed by atoms with Crippen molar-refractivity contribution in [2.75, 3.05) is 0 Å². The van der Waals surface area contributed by atoms with Crippen molar-refractivity contribution in [3.05, 3.63) is 33.8 Å². The fourth-order valence-electron chi connectivity index (χ4n) is 1.90. The Kier molecular flexibility index (Phi) is 4.31. The third-order valence-corrected chi connectivity index (χ3v) is 4.29. The van der Waals surface area contributed by atoms with E-state index in [4.69, 9.17) is 34.0 Å². The van der Waals surface area contributed by atoms with Gasteiger partial charge in [-0.2, -0.15) is 0 Å². The largest absolute Gasteiger partial charge is 0.481 e. The Bertz CT molecular complexity index is 469. The molecule has 1 aromatic carbocycles. The van der Waals surface area contributed by atoms with Gasteiger partial charge in [0.05, 0.1) is 16.5 Å². The second-order valence-corrected chi connectivity index (χ2v) is 6.01. The van der Waals surface area contributed by atoms with Crippen LogP contribution in [0.3, 0.4) is 0 Å². The lowest BCUT2D eigenvalue weighted by Crippen LogP contribution is -2.53. The van der Waals surface area contributed by atoms with Crippen LogP contribution in [0.5, 0.6) is 0 Å². The Balaban J connectivity index is 3.44. The molecule has 0 heterocycles. The highest BCUT2D eigenvalue weighted by molar-refractivity contribution is 6.42. The van der Waals surface area contributed by atoms with Gasteiger partial charge in [0.15, 0.2) is 0 Å². The Hall–Kier alpha value is -0.770. The Morgan fingerprint density at radius 1 is 1.33 bits per heavy atom. The Morgan fingerprint density at radius 3 is 2.33 bits per heavy atom. The topological polar surface area (TPSA) is 63.3 Å². The maximum absolute atomic E-state index is 11.1. The van der Waals surface area contributed by atoms with E-state index in [-0.39, 0.29) is 6.42 Å². The zero-order valence-electron chi connectivity index (χ0n) is 10.6. The van der Waals surface area contributed by atoms with Crippen LogP contribution >= 0.6 is 23.2 Å². The molecule has 0 aliphatic rings. The van der Waals surface area contributed by atoms with E-state index in [2.05, 4.69) is 0 Å². The molecule has 0 fully saturated rings. The van der Waals surface area contributed by atoms with Crippen molar-refractivity contribution in [3.8, 4) is 0 Å². The van der Waals surface area contributed by atoms with Crippen LogP contribution in [0.25, 0.3) is 0 Å². The molecule has 0 saturated heterocycles. The first-order chi connectivity index (χ1) is 8.09. The van der Waals surface area contributed by atoms with Crippen LogP contribution in [0.1, 0.15) is 32.8 Å². The van der Waals surface area contributed by atoms with Crippen molar-refractivity contribution in [3.63, 3.8) is 0 Å². The van der Waals surface area contributed by atoms with Crippen LogP contribution in [0.4, 0.5) is 0 Å². The molecule has 0 aliphatic carbocycles. The third kappa shape index (κ3) is 2.79. The van der Waals surface area contributed by atoms with Crippen molar-refractivity contribution in [1.82, 2.24) is 0 Å².